The molecule has 0 bridgehead atoms. The van der Waals surface area contributed by atoms with Gasteiger partial charge in [0.05, 0.1) is 0 Å². The van der Waals surface area contributed by atoms with Crippen LogP contribution in [0.5, 0.6) is 0 Å². The monoisotopic (exact) mass is 149 g/mol. The van der Waals surface area contributed by atoms with Gasteiger partial charge in [0.15, 0.2) is 0 Å². The van der Waals surface area contributed by atoms with Crippen LogP contribution < -0.4 is 5.73 Å². The third kappa shape index (κ3) is 3.19. The molecule has 0 saturated heterocycles. The molecule has 1 heteroatoms. The number of hydrogen-bond acceptors (Lipinski definition) is 1. The van der Waals surface area contributed by atoms with E-state index in [0.29, 0.717) is 5.92 Å². The van der Waals surface area contributed by atoms with Crippen LogP contribution in [0.4, 0.5) is 0 Å². The maximum absolute atomic E-state index is 5.69. The summed E-state index contributed by atoms with van der Waals surface area (Å²) in [5.74, 6) is 0.519. The summed E-state index contributed by atoms with van der Waals surface area (Å²) in [5, 5.41) is 0. The van der Waals surface area contributed by atoms with E-state index in [1.807, 2.05) is 19.1 Å². The first kappa shape index (κ1) is 8.28. The summed E-state index contributed by atoms with van der Waals surface area (Å²) in [4.78, 5) is 0. The molecule has 1 aliphatic rings. The maximum Gasteiger partial charge on any atom is 0.00190 e. The summed E-state index contributed by atoms with van der Waals surface area (Å²) >= 11 is 0. The number of nitrogens with two attached hydrogens (primary N) is 1. The molecule has 1 aliphatic carbocycles. The Bertz CT molecular complexity index is 171. The zero-order valence-electron chi connectivity index (χ0n) is 6.90. The van der Waals surface area contributed by atoms with Crippen molar-refractivity contribution in [2.24, 2.45) is 11.7 Å². The summed E-state index contributed by atoms with van der Waals surface area (Å²) in [6.07, 6.45) is 13.6. The molecule has 1 atom stereocenters. The van der Waals surface area contributed by atoms with Crippen LogP contribution in [0.25, 0.3) is 0 Å². The molecule has 1 rings (SSSR count). The second-order valence-corrected chi connectivity index (χ2v) is 3.03. The Kier molecular flexibility index (Phi) is 3.12. The van der Waals surface area contributed by atoms with Crippen LogP contribution in [0, 0.1) is 5.92 Å². The fraction of sp³-hybridized carbons (Fsp3) is 0.400. The lowest BCUT2D eigenvalue weighted by atomic mass is 10.0. The Hall–Kier alpha value is -0.820. The molecule has 0 aliphatic heterocycles. The molecule has 0 aromatic rings. The number of hydrogen-bond donors (Lipinski definition) is 1. The molecular weight excluding hydrogens is 134 g/mol. The molecule has 60 valence electrons. The molecule has 1 nitrogen and oxygen atoms in total. The summed E-state index contributed by atoms with van der Waals surface area (Å²) in [6.45, 7) is 2.04. The van der Waals surface area contributed by atoms with Gasteiger partial charge in [-0.25, -0.2) is 0 Å². The van der Waals surface area contributed by atoms with Crippen molar-refractivity contribution in [3.05, 3.63) is 36.5 Å². The van der Waals surface area contributed by atoms with Gasteiger partial charge in [-0.05, 0) is 19.3 Å². The maximum atomic E-state index is 5.69. The van der Waals surface area contributed by atoms with Crippen LogP contribution in [0.3, 0.4) is 0 Å². The van der Waals surface area contributed by atoms with E-state index in [1.165, 1.54) is 0 Å². The predicted molar refractivity (Wildman–Crippen MR) is 49.2 cm³/mol. The van der Waals surface area contributed by atoms with Crippen molar-refractivity contribution >= 4 is 0 Å². The molecule has 0 amide bonds. The van der Waals surface area contributed by atoms with E-state index in [1.54, 1.807) is 0 Å². The molecule has 0 aromatic carbocycles. The first-order valence-electron chi connectivity index (χ1n) is 4.06. The smallest absolute Gasteiger partial charge is 0.00190 e. The van der Waals surface area contributed by atoms with E-state index >= 15 is 0 Å². The highest BCUT2D eigenvalue weighted by molar-refractivity contribution is 5.19. The van der Waals surface area contributed by atoms with E-state index in [0.717, 1.165) is 6.42 Å². The highest BCUT2D eigenvalue weighted by Gasteiger charge is 2.03. The van der Waals surface area contributed by atoms with Gasteiger partial charge in [-0.2, -0.15) is 0 Å². The van der Waals surface area contributed by atoms with Crippen LogP contribution in [-0.2, 0) is 0 Å². The van der Waals surface area contributed by atoms with Gasteiger partial charge in [0.2, 0.25) is 0 Å². The van der Waals surface area contributed by atoms with Crippen LogP contribution in [0.15, 0.2) is 36.5 Å². The average molecular weight is 149 g/mol. The lowest BCUT2D eigenvalue weighted by molar-refractivity contribution is 0.600. The van der Waals surface area contributed by atoms with E-state index in [2.05, 4.69) is 24.3 Å². The van der Waals surface area contributed by atoms with Gasteiger partial charge >= 0.3 is 0 Å². The Balaban J connectivity index is 2.46. The van der Waals surface area contributed by atoms with E-state index in [-0.39, 0.29) is 6.04 Å². The van der Waals surface area contributed by atoms with Gasteiger partial charge in [0.25, 0.3) is 0 Å². The number of rotatable bonds is 2. The van der Waals surface area contributed by atoms with Crippen molar-refractivity contribution in [3.8, 4) is 0 Å². The SMILES string of the molecule is CC(N)CC1C=CC=CC=C1. The molecule has 2 N–H and O–H groups in total. The van der Waals surface area contributed by atoms with Gasteiger partial charge in [-0.15, -0.1) is 0 Å². The van der Waals surface area contributed by atoms with Crippen LogP contribution in [0.1, 0.15) is 13.3 Å². The average Bonchev–Trinajstić information content (AvgIpc) is 2.14. The molecular formula is C10H15N. The first-order valence-corrected chi connectivity index (χ1v) is 4.06. The van der Waals surface area contributed by atoms with Gasteiger partial charge in [0.1, 0.15) is 0 Å². The van der Waals surface area contributed by atoms with Crippen LogP contribution in [0.2, 0.25) is 0 Å². The Labute approximate surface area is 68.3 Å². The third-order valence-electron chi connectivity index (χ3n) is 1.69. The fourth-order valence-electron chi connectivity index (χ4n) is 1.19. The van der Waals surface area contributed by atoms with Gasteiger partial charge in [0, 0.05) is 6.04 Å². The second kappa shape index (κ2) is 4.14. The topological polar surface area (TPSA) is 26.0 Å². The first-order chi connectivity index (χ1) is 5.29. The lowest BCUT2D eigenvalue weighted by Crippen LogP contribution is -2.17. The van der Waals surface area contributed by atoms with Crippen molar-refractivity contribution in [2.75, 3.05) is 0 Å². The zero-order valence-corrected chi connectivity index (χ0v) is 6.90. The largest absolute Gasteiger partial charge is 0.328 e. The normalized spacial score (nSPS) is 20.2. The fourth-order valence-corrected chi connectivity index (χ4v) is 1.19. The number of allylic oxidation sites excluding steroid dienone is 6. The Morgan fingerprint density at radius 1 is 1.18 bits per heavy atom. The van der Waals surface area contributed by atoms with Crippen LogP contribution >= 0.6 is 0 Å². The van der Waals surface area contributed by atoms with Crippen molar-refractivity contribution < 1.29 is 0 Å². The minimum Gasteiger partial charge on any atom is -0.328 e. The highest BCUT2D eigenvalue weighted by atomic mass is 14.6. The van der Waals surface area contributed by atoms with Gasteiger partial charge < -0.3 is 5.73 Å². The minimum atomic E-state index is 0.285. The van der Waals surface area contributed by atoms with Crippen molar-refractivity contribution in [2.45, 2.75) is 19.4 Å². The van der Waals surface area contributed by atoms with Crippen LogP contribution in [-0.4, -0.2) is 6.04 Å². The summed E-state index contributed by atoms with van der Waals surface area (Å²) in [7, 11) is 0. The van der Waals surface area contributed by atoms with Gasteiger partial charge in [-0.1, -0.05) is 36.5 Å². The molecule has 0 aromatic heterocycles. The second-order valence-electron chi connectivity index (χ2n) is 3.03. The molecule has 0 spiro atoms. The van der Waals surface area contributed by atoms with Crippen molar-refractivity contribution in [1.29, 1.82) is 0 Å². The van der Waals surface area contributed by atoms with Crippen molar-refractivity contribution in [1.82, 2.24) is 0 Å². The third-order valence-corrected chi connectivity index (χ3v) is 1.69. The van der Waals surface area contributed by atoms with E-state index < -0.39 is 0 Å². The summed E-state index contributed by atoms with van der Waals surface area (Å²) < 4.78 is 0. The molecule has 0 saturated carbocycles. The molecule has 0 heterocycles. The molecule has 0 fully saturated rings. The van der Waals surface area contributed by atoms with E-state index in [9.17, 15) is 0 Å². The zero-order chi connectivity index (χ0) is 8.10. The Morgan fingerprint density at radius 3 is 2.18 bits per heavy atom. The standard InChI is InChI=1S/C10H15N/c1-9(11)8-10-6-4-2-3-5-7-10/h2-7,9-10H,8,11H2,1H3. The highest BCUT2D eigenvalue weighted by Crippen LogP contribution is 2.11. The summed E-state index contributed by atoms with van der Waals surface area (Å²) in [5.41, 5.74) is 5.69. The quantitative estimate of drug-likeness (QED) is 0.638. The molecule has 11 heavy (non-hydrogen) atoms. The van der Waals surface area contributed by atoms with E-state index in [4.69, 9.17) is 5.73 Å². The minimum absolute atomic E-state index is 0.285. The molecule has 1 unspecified atom stereocenters. The lowest BCUT2D eigenvalue weighted by Gasteiger charge is -2.09. The Morgan fingerprint density at radius 2 is 1.73 bits per heavy atom. The van der Waals surface area contributed by atoms with Gasteiger partial charge in [-0.3, -0.25) is 0 Å². The van der Waals surface area contributed by atoms with Crippen molar-refractivity contribution in [3.63, 3.8) is 0 Å². The molecule has 0 radical (unpaired) electrons. The summed E-state index contributed by atoms with van der Waals surface area (Å²) in [6, 6.07) is 0.285. The predicted octanol–water partition coefficient (Wildman–Crippen LogP) is 2.02.